The third kappa shape index (κ3) is 3.27. The highest BCUT2D eigenvalue weighted by molar-refractivity contribution is 7.92. The normalized spacial score (nSPS) is 25.2. The fraction of sp³-hybridized carbons (Fsp3) is 0.368. The van der Waals surface area contributed by atoms with Crippen LogP contribution in [0.4, 0.5) is 4.39 Å². The fourth-order valence-corrected chi connectivity index (χ4v) is 6.26. The monoisotopic (exact) mass is 397 g/mol. The quantitative estimate of drug-likeness (QED) is 0.777. The maximum atomic E-state index is 13.7. The van der Waals surface area contributed by atoms with Gasteiger partial charge in [0.05, 0.1) is 16.8 Å². The van der Waals surface area contributed by atoms with Crippen LogP contribution in [0.25, 0.3) is 0 Å². The first kappa shape index (κ1) is 19.3. The zero-order valence-electron chi connectivity index (χ0n) is 14.4. The second kappa shape index (κ2) is 7.27. The minimum Gasteiger partial charge on any atom is -0.381 e. The molecule has 26 heavy (non-hydrogen) atoms. The first-order valence-corrected chi connectivity index (χ1v) is 10.3. The molecule has 3 atom stereocenters. The Hall–Kier alpha value is -1.47. The molecule has 2 N–H and O–H groups in total. The highest BCUT2D eigenvalue weighted by Crippen LogP contribution is 2.63. The molecular weight excluding hydrogens is 377 g/mol. The van der Waals surface area contributed by atoms with Crippen LogP contribution in [-0.4, -0.2) is 33.4 Å². The molecule has 140 valence electrons. The van der Waals surface area contributed by atoms with Crippen LogP contribution in [0.3, 0.4) is 0 Å². The molecule has 1 aliphatic rings. The second-order valence-corrected chi connectivity index (χ2v) is 9.03. The van der Waals surface area contributed by atoms with Crippen molar-refractivity contribution in [3.05, 3.63) is 64.9 Å². The largest absolute Gasteiger partial charge is 0.381 e. The Labute approximate surface area is 158 Å². The lowest BCUT2D eigenvalue weighted by atomic mass is 10.00. The van der Waals surface area contributed by atoms with Crippen LogP contribution >= 0.6 is 11.6 Å². The van der Waals surface area contributed by atoms with Gasteiger partial charge >= 0.3 is 0 Å². The van der Waals surface area contributed by atoms with E-state index < -0.39 is 32.2 Å². The number of hydrogen-bond acceptors (Lipinski definition) is 4. The zero-order chi connectivity index (χ0) is 18.9. The van der Waals surface area contributed by atoms with Crippen LogP contribution in [0.1, 0.15) is 18.4 Å². The summed E-state index contributed by atoms with van der Waals surface area (Å²) in [7, 11) is -3.68. The molecule has 1 aliphatic carbocycles. The lowest BCUT2D eigenvalue weighted by Crippen LogP contribution is -2.29. The van der Waals surface area contributed by atoms with E-state index in [1.165, 1.54) is 24.3 Å². The molecule has 2 aromatic carbocycles. The predicted molar refractivity (Wildman–Crippen MR) is 99.5 cm³/mol. The van der Waals surface area contributed by atoms with Crippen LogP contribution in [0, 0.1) is 11.2 Å². The number of sulfone groups is 1. The van der Waals surface area contributed by atoms with Gasteiger partial charge in [0.1, 0.15) is 5.82 Å². The summed E-state index contributed by atoms with van der Waals surface area (Å²) in [5, 5.41) is -0.310. The average molecular weight is 398 g/mol. The van der Waals surface area contributed by atoms with Gasteiger partial charge in [0.25, 0.3) is 0 Å². The van der Waals surface area contributed by atoms with E-state index in [-0.39, 0.29) is 18.0 Å². The first-order valence-electron chi connectivity index (χ1n) is 8.39. The summed E-state index contributed by atoms with van der Waals surface area (Å²) in [6.07, 6.45) is 0. The van der Waals surface area contributed by atoms with E-state index in [0.29, 0.717) is 17.2 Å². The second-order valence-electron chi connectivity index (χ2n) is 6.53. The number of halogens is 2. The predicted octanol–water partition coefficient (Wildman–Crippen LogP) is 3.40. The molecule has 2 aromatic rings. The molecule has 0 spiro atoms. The SMILES string of the molecule is CCOC[C@]1(CN)[C@H](c2cccc(F)c2)[C@@H]1S(=O)(=O)c1ccc(Cl)cc1. The van der Waals surface area contributed by atoms with E-state index in [2.05, 4.69) is 0 Å². The standard InChI is InChI=1S/C19H21ClFNO3S/c1-2-25-12-19(11-22)17(13-4-3-5-15(21)10-13)18(19)26(23,24)16-8-6-14(20)7-9-16/h3-10,17-18H,2,11-12,22H2,1H3/t17-,18+,19-/m1/s1. The number of hydrogen-bond donors (Lipinski definition) is 1. The molecule has 1 fully saturated rings. The summed E-state index contributed by atoms with van der Waals surface area (Å²) in [5.41, 5.74) is 5.85. The van der Waals surface area contributed by atoms with Crippen LogP contribution in [0.5, 0.6) is 0 Å². The van der Waals surface area contributed by atoms with Gasteiger partial charge in [-0.2, -0.15) is 0 Å². The molecule has 4 nitrogen and oxygen atoms in total. The van der Waals surface area contributed by atoms with Crippen molar-refractivity contribution < 1.29 is 17.5 Å². The molecule has 0 aliphatic heterocycles. The molecule has 0 saturated heterocycles. The third-order valence-corrected chi connectivity index (χ3v) is 7.61. The Morgan fingerprint density at radius 3 is 2.50 bits per heavy atom. The van der Waals surface area contributed by atoms with Gasteiger partial charge in [0.15, 0.2) is 9.84 Å². The smallest absolute Gasteiger partial charge is 0.182 e. The number of nitrogens with two attached hydrogens (primary N) is 1. The van der Waals surface area contributed by atoms with Crippen molar-refractivity contribution in [2.75, 3.05) is 19.8 Å². The topological polar surface area (TPSA) is 69.4 Å². The maximum absolute atomic E-state index is 13.7. The molecule has 0 bridgehead atoms. The number of ether oxygens (including phenoxy) is 1. The number of rotatable bonds is 7. The molecule has 1 saturated carbocycles. The van der Waals surface area contributed by atoms with Crippen molar-refractivity contribution in [2.45, 2.75) is 23.0 Å². The van der Waals surface area contributed by atoms with Gasteiger partial charge in [-0.25, -0.2) is 12.8 Å². The van der Waals surface area contributed by atoms with E-state index >= 15 is 0 Å². The van der Waals surface area contributed by atoms with Gasteiger partial charge < -0.3 is 10.5 Å². The minimum atomic E-state index is -3.68. The van der Waals surface area contributed by atoms with Gasteiger partial charge in [0, 0.05) is 29.5 Å². The molecule has 0 radical (unpaired) electrons. The van der Waals surface area contributed by atoms with Crippen molar-refractivity contribution in [1.82, 2.24) is 0 Å². The van der Waals surface area contributed by atoms with E-state index in [4.69, 9.17) is 22.1 Å². The Morgan fingerprint density at radius 1 is 1.23 bits per heavy atom. The third-order valence-electron chi connectivity index (χ3n) is 5.02. The van der Waals surface area contributed by atoms with Crippen LogP contribution < -0.4 is 5.73 Å². The van der Waals surface area contributed by atoms with Crippen molar-refractivity contribution >= 4 is 21.4 Å². The van der Waals surface area contributed by atoms with E-state index in [1.807, 2.05) is 6.92 Å². The molecule has 0 aromatic heterocycles. The van der Waals surface area contributed by atoms with Gasteiger partial charge in [-0.1, -0.05) is 23.7 Å². The highest BCUT2D eigenvalue weighted by atomic mass is 35.5. The molecule has 7 heteroatoms. The summed E-state index contributed by atoms with van der Waals surface area (Å²) in [4.78, 5) is 0.181. The Balaban J connectivity index is 2.05. The average Bonchev–Trinajstić information content (AvgIpc) is 3.31. The fourth-order valence-electron chi connectivity index (χ4n) is 3.69. The first-order chi connectivity index (χ1) is 12.4. The molecule has 0 unspecified atom stereocenters. The number of benzene rings is 2. The maximum Gasteiger partial charge on any atom is 0.182 e. The summed E-state index contributed by atoms with van der Waals surface area (Å²) >= 11 is 5.87. The van der Waals surface area contributed by atoms with E-state index in [0.717, 1.165) is 0 Å². The minimum absolute atomic E-state index is 0.131. The van der Waals surface area contributed by atoms with Crippen molar-refractivity contribution in [3.63, 3.8) is 0 Å². The Kier molecular flexibility index (Phi) is 5.40. The Morgan fingerprint density at radius 2 is 1.92 bits per heavy atom. The lowest BCUT2D eigenvalue weighted by molar-refractivity contribution is 0.101. The zero-order valence-corrected chi connectivity index (χ0v) is 15.9. The van der Waals surface area contributed by atoms with Gasteiger partial charge in [0.2, 0.25) is 0 Å². The van der Waals surface area contributed by atoms with Gasteiger partial charge in [-0.3, -0.25) is 0 Å². The lowest BCUT2D eigenvalue weighted by Gasteiger charge is -2.16. The summed E-state index contributed by atoms with van der Waals surface area (Å²) in [6.45, 7) is 2.63. The van der Waals surface area contributed by atoms with Crippen molar-refractivity contribution in [3.8, 4) is 0 Å². The summed E-state index contributed by atoms with van der Waals surface area (Å²) < 4.78 is 45.8. The highest BCUT2D eigenvalue weighted by Gasteiger charge is 2.70. The van der Waals surface area contributed by atoms with Gasteiger partial charge in [-0.15, -0.1) is 0 Å². The van der Waals surface area contributed by atoms with Crippen LogP contribution in [0.2, 0.25) is 5.02 Å². The van der Waals surface area contributed by atoms with Crippen LogP contribution in [0.15, 0.2) is 53.4 Å². The van der Waals surface area contributed by atoms with Crippen LogP contribution in [-0.2, 0) is 14.6 Å². The van der Waals surface area contributed by atoms with E-state index in [1.54, 1.807) is 24.3 Å². The summed E-state index contributed by atoms with van der Waals surface area (Å²) in [5.74, 6) is -0.824. The van der Waals surface area contributed by atoms with Crippen molar-refractivity contribution in [1.29, 1.82) is 0 Å². The van der Waals surface area contributed by atoms with Crippen molar-refractivity contribution in [2.24, 2.45) is 11.1 Å². The molecule has 0 amide bonds. The van der Waals surface area contributed by atoms with E-state index in [9.17, 15) is 12.8 Å². The van der Waals surface area contributed by atoms with Gasteiger partial charge in [-0.05, 0) is 48.9 Å². The molecular formula is C19H21ClFNO3S. The summed E-state index contributed by atoms with van der Waals surface area (Å²) in [6, 6.07) is 12.1. The molecule has 0 heterocycles. The molecule has 3 rings (SSSR count). The Bertz CT molecular complexity index is 888.